The number of benzene rings is 4. The number of aromatic nitrogens is 1. The molecule has 2 N–H and O–H groups in total. The van der Waals surface area contributed by atoms with Gasteiger partial charge in [-0.05, 0) is 83.1 Å². The van der Waals surface area contributed by atoms with E-state index < -0.39 is 0 Å². The van der Waals surface area contributed by atoms with E-state index in [2.05, 4.69) is 54.8 Å². The third-order valence-electron chi connectivity index (χ3n) is 7.25. The molecular weight excluding hydrogens is 430 g/mol. The number of phenolic OH excluding ortho intramolecular Hbond substituents is 2. The van der Waals surface area contributed by atoms with Gasteiger partial charge in [-0.1, -0.05) is 69.5 Å². The Hall–Kier alpha value is -3.72. The van der Waals surface area contributed by atoms with E-state index in [1.54, 1.807) is 24.3 Å². The Kier molecular flexibility index (Phi) is 6.50. The molecule has 0 aliphatic rings. The van der Waals surface area contributed by atoms with Crippen molar-refractivity contribution >= 4 is 21.8 Å². The van der Waals surface area contributed by atoms with Crippen LogP contribution in [0.5, 0.6) is 11.5 Å². The molecule has 1 heterocycles. The fraction of sp³-hybridized carbons (Fsp3) is 0.250. The molecule has 0 amide bonds. The molecule has 0 spiro atoms. The summed E-state index contributed by atoms with van der Waals surface area (Å²) in [5, 5.41) is 21.9. The van der Waals surface area contributed by atoms with Crippen molar-refractivity contribution in [2.75, 3.05) is 0 Å². The van der Waals surface area contributed by atoms with Crippen molar-refractivity contribution in [1.29, 1.82) is 0 Å². The van der Waals surface area contributed by atoms with Crippen LogP contribution in [0.25, 0.3) is 44.1 Å². The third-order valence-corrected chi connectivity index (χ3v) is 7.25. The van der Waals surface area contributed by atoms with Crippen molar-refractivity contribution in [3.05, 3.63) is 84.9 Å². The van der Waals surface area contributed by atoms with Crippen molar-refractivity contribution in [3.8, 4) is 33.8 Å². The van der Waals surface area contributed by atoms with E-state index in [9.17, 15) is 10.2 Å². The molecule has 0 saturated heterocycles. The molecule has 3 nitrogen and oxygen atoms in total. The molecule has 1 aromatic heterocycles. The first kappa shape index (κ1) is 23.0. The van der Waals surface area contributed by atoms with Gasteiger partial charge in [0.2, 0.25) is 0 Å². The monoisotopic (exact) mass is 463 g/mol. The number of hydrogen-bond acceptors (Lipinski definition) is 2. The minimum Gasteiger partial charge on any atom is -0.508 e. The topological polar surface area (TPSA) is 45.4 Å². The van der Waals surface area contributed by atoms with Gasteiger partial charge in [-0.2, -0.15) is 0 Å². The quantitative estimate of drug-likeness (QED) is 0.242. The van der Waals surface area contributed by atoms with Gasteiger partial charge in [-0.3, -0.25) is 0 Å². The van der Waals surface area contributed by atoms with Crippen LogP contribution >= 0.6 is 0 Å². The van der Waals surface area contributed by atoms with Crippen molar-refractivity contribution in [2.45, 2.75) is 46.1 Å². The number of rotatable bonds is 8. The molecule has 1 atom stereocenters. The van der Waals surface area contributed by atoms with E-state index in [0.29, 0.717) is 5.92 Å². The number of aromatic hydroxyl groups is 2. The molecule has 4 aromatic carbocycles. The minimum absolute atomic E-state index is 0.280. The van der Waals surface area contributed by atoms with E-state index >= 15 is 0 Å². The SMILES string of the molecule is CCCCC(CC)Cn1c2ccc(-c3ccc(O)cc3)cc2c2cc(-c3ccc(O)cc3)ccc21. The third kappa shape index (κ3) is 4.64. The average molecular weight is 464 g/mol. The molecule has 0 radical (unpaired) electrons. The predicted molar refractivity (Wildman–Crippen MR) is 147 cm³/mol. The van der Waals surface area contributed by atoms with Gasteiger partial charge in [-0.25, -0.2) is 0 Å². The summed E-state index contributed by atoms with van der Waals surface area (Å²) in [5.74, 6) is 1.22. The average Bonchev–Trinajstić information content (AvgIpc) is 3.19. The zero-order valence-electron chi connectivity index (χ0n) is 20.5. The molecule has 3 heteroatoms. The van der Waals surface area contributed by atoms with Gasteiger partial charge in [0.25, 0.3) is 0 Å². The first-order valence-corrected chi connectivity index (χ1v) is 12.7. The highest BCUT2D eigenvalue weighted by atomic mass is 16.3. The van der Waals surface area contributed by atoms with Crippen LogP contribution in [0.15, 0.2) is 84.9 Å². The van der Waals surface area contributed by atoms with Crippen LogP contribution in [0, 0.1) is 5.92 Å². The van der Waals surface area contributed by atoms with Crippen LogP contribution in [-0.4, -0.2) is 14.8 Å². The summed E-state index contributed by atoms with van der Waals surface area (Å²) in [7, 11) is 0. The van der Waals surface area contributed by atoms with Crippen molar-refractivity contribution in [3.63, 3.8) is 0 Å². The van der Waals surface area contributed by atoms with Crippen LogP contribution in [-0.2, 0) is 6.54 Å². The summed E-state index contributed by atoms with van der Waals surface area (Å²) in [5.41, 5.74) is 7.00. The maximum absolute atomic E-state index is 9.73. The van der Waals surface area contributed by atoms with Crippen molar-refractivity contribution < 1.29 is 10.2 Å². The van der Waals surface area contributed by atoms with Gasteiger partial charge in [0.05, 0.1) is 0 Å². The van der Waals surface area contributed by atoms with Gasteiger partial charge in [0, 0.05) is 28.4 Å². The van der Waals surface area contributed by atoms with E-state index in [1.807, 2.05) is 24.3 Å². The zero-order chi connectivity index (χ0) is 24.4. The second kappa shape index (κ2) is 9.87. The van der Waals surface area contributed by atoms with Crippen LogP contribution in [0.3, 0.4) is 0 Å². The molecule has 0 fully saturated rings. The van der Waals surface area contributed by atoms with E-state index in [-0.39, 0.29) is 11.5 Å². The van der Waals surface area contributed by atoms with E-state index in [0.717, 1.165) is 28.8 Å². The Balaban J connectivity index is 1.68. The first-order chi connectivity index (χ1) is 17.1. The fourth-order valence-electron chi connectivity index (χ4n) is 5.14. The molecule has 0 aliphatic heterocycles. The van der Waals surface area contributed by atoms with Gasteiger partial charge in [0.15, 0.2) is 0 Å². The molecule has 0 aliphatic carbocycles. The Morgan fingerprint density at radius 3 is 1.51 bits per heavy atom. The van der Waals surface area contributed by atoms with Crippen molar-refractivity contribution in [1.82, 2.24) is 4.57 Å². The van der Waals surface area contributed by atoms with Crippen molar-refractivity contribution in [2.24, 2.45) is 5.92 Å². The lowest BCUT2D eigenvalue weighted by Gasteiger charge is -2.17. The lowest BCUT2D eigenvalue weighted by atomic mass is 9.99. The minimum atomic E-state index is 0.280. The van der Waals surface area contributed by atoms with E-state index in [4.69, 9.17) is 0 Å². The largest absolute Gasteiger partial charge is 0.508 e. The predicted octanol–water partition coefficient (Wildman–Crippen LogP) is 8.76. The summed E-state index contributed by atoms with van der Waals surface area (Å²) in [6.45, 7) is 5.59. The highest BCUT2D eigenvalue weighted by Crippen LogP contribution is 2.36. The maximum atomic E-state index is 9.73. The van der Waals surface area contributed by atoms with Crippen LogP contribution < -0.4 is 0 Å². The number of phenols is 2. The Labute approximate surface area is 207 Å². The molecule has 0 bridgehead atoms. The number of nitrogens with zero attached hydrogens (tertiary/aromatic N) is 1. The molecule has 0 saturated carbocycles. The first-order valence-electron chi connectivity index (χ1n) is 12.7. The second-order valence-corrected chi connectivity index (χ2v) is 9.58. The lowest BCUT2D eigenvalue weighted by Crippen LogP contribution is -2.10. The van der Waals surface area contributed by atoms with Gasteiger partial charge in [0.1, 0.15) is 11.5 Å². The van der Waals surface area contributed by atoms with Gasteiger partial charge in [-0.15, -0.1) is 0 Å². The molecule has 1 unspecified atom stereocenters. The van der Waals surface area contributed by atoms with E-state index in [1.165, 1.54) is 47.5 Å². The Morgan fingerprint density at radius 1 is 0.629 bits per heavy atom. The lowest BCUT2D eigenvalue weighted by molar-refractivity contribution is 0.401. The van der Waals surface area contributed by atoms with Gasteiger partial charge >= 0.3 is 0 Å². The molecule has 5 aromatic rings. The summed E-state index contributed by atoms with van der Waals surface area (Å²) < 4.78 is 2.51. The van der Waals surface area contributed by atoms with Crippen LogP contribution in [0.1, 0.15) is 39.5 Å². The number of unbranched alkanes of at least 4 members (excludes halogenated alkanes) is 1. The smallest absolute Gasteiger partial charge is 0.115 e. The molecule has 35 heavy (non-hydrogen) atoms. The molecule has 178 valence electrons. The zero-order valence-corrected chi connectivity index (χ0v) is 20.5. The molecular formula is C32H33NO2. The highest BCUT2D eigenvalue weighted by Gasteiger charge is 2.16. The maximum Gasteiger partial charge on any atom is 0.115 e. The summed E-state index contributed by atoms with van der Waals surface area (Å²) in [6, 6.07) is 28.3. The van der Waals surface area contributed by atoms with Crippen LogP contribution in [0.4, 0.5) is 0 Å². The normalized spacial score (nSPS) is 12.4. The second-order valence-electron chi connectivity index (χ2n) is 9.58. The Morgan fingerprint density at radius 2 is 1.09 bits per heavy atom. The number of fused-ring (bicyclic) bond motifs is 3. The van der Waals surface area contributed by atoms with Crippen LogP contribution in [0.2, 0.25) is 0 Å². The van der Waals surface area contributed by atoms with Gasteiger partial charge < -0.3 is 14.8 Å². The summed E-state index contributed by atoms with van der Waals surface area (Å²) in [6.07, 6.45) is 4.94. The fourth-order valence-corrected chi connectivity index (χ4v) is 5.14. The Bertz CT molecular complexity index is 1340. The highest BCUT2D eigenvalue weighted by molar-refractivity contribution is 6.10. The number of hydrogen-bond donors (Lipinski definition) is 2. The summed E-state index contributed by atoms with van der Waals surface area (Å²) >= 11 is 0. The standard InChI is InChI=1S/C32H33NO2/c1-3-5-6-22(4-2)21-33-31-17-11-25(23-7-13-27(34)14-8-23)19-29(31)30-20-26(12-18-32(30)33)24-9-15-28(35)16-10-24/h7-20,22,34-35H,3-6,21H2,1-2H3. The molecule has 5 rings (SSSR count). The summed E-state index contributed by atoms with van der Waals surface area (Å²) in [4.78, 5) is 0.